The molecule has 2 aliphatic rings. The van der Waals surface area contributed by atoms with Crippen molar-refractivity contribution in [1.82, 2.24) is 14.7 Å². The molecule has 9 heteroatoms. The number of ether oxygens (including phenoxy) is 2. The van der Waals surface area contributed by atoms with Crippen molar-refractivity contribution in [3.63, 3.8) is 0 Å². The van der Waals surface area contributed by atoms with E-state index in [2.05, 4.69) is 15.3 Å². The number of fused-ring (bicyclic) bond motifs is 1. The number of anilines is 1. The van der Waals surface area contributed by atoms with Crippen molar-refractivity contribution in [2.75, 3.05) is 26.1 Å². The summed E-state index contributed by atoms with van der Waals surface area (Å²) in [6.07, 6.45) is -2.52. The number of methoxy groups -OCH3 is 2. The van der Waals surface area contributed by atoms with Gasteiger partial charge in [-0.05, 0) is 50.9 Å². The molecule has 1 aromatic carbocycles. The first-order valence-corrected chi connectivity index (χ1v) is 10.2. The van der Waals surface area contributed by atoms with Gasteiger partial charge in [-0.15, -0.1) is 0 Å². The Balaban J connectivity index is 1.61. The van der Waals surface area contributed by atoms with Gasteiger partial charge in [0.25, 0.3) is 0 Å². The summed E-state index contributed by atoms with van der Waals surface area (Å²) in [5.74, 6) is 1.94. The van der Waals surface area contributed by atoms with Crippen LogP contribution in [0.1, 0.15) is 49.5 Å². The molecule has 1 fully saturated rings. The van der Waals surface area contributed by atoms with E-state index in [4.69, 9.17) is 9.47 Å². The van der Waals surface area contributed by atoms with Gasteiger partial charge in [0.15, 0.2) is 6.04 Å². The molecule has 3 atom stereocenters. The highest BCUT2D eigenvalue weighted by atomic mass is 19.4. The number of likely N-dealkylation sites (tertiary alicyclic amines) is 1. The van der Waals surface area contributed by atoms with Gasteiger partial charge >= 0.3 is 6.18 Å². The Bertz CT molecular complexity index is 899. The van der Waals surface area contributed by atoms with Crippen LogP contribution in [0.15, 0.2) is 24.3 Å². The monoisotopic (exact) mass is 424 g/mol. The highest BCUT2D eigenvalue weighted by Crippen LogP contribution is 2.42. The van der Waals surface area contributed by atoms with Gasteiger partial charge in [0, 0.05) is 24.2 Å². The normalized spacial score (nSPS) is 24.4. The number of hydrogen-bond donors (Lipinski definition) is 1. The second-order valence-corrected chi connectivity index (χ2v) is 8.04. The number of benzene rings is 1. The lowest BCUT2D eigenvalue weighted by molar-refractivity contribution is -0.173. The van der Waals surface area contributed by atoms with Gasteiger partial charge in [-0.2, -0.15) is 18.3 Å². The van der Waals surface area contributed by atoms with Crippen molar-refractivity contribution >= 4 is 5.82 Å². The predicted octanol–water partition coefficient (Wildman–Crippen LogP) is 4.54. The van der Waals surface area contributed by atoms with E-state index in [9.17, 15) is 13.2 Å². The van der Waals surface area contributed by atoms with Crippen molar-refractivity contribution in [1.29, 1.82) is 0 Å². The van der Waals surface area contributed by atoms with Gasteiger partial charge in [-0.3, -0.25) is 4.90 Å². The second-order valence-electron chi connectivity index (χ2n) is 8.04. The highest BCUT2D eigenvalue weighted by Gasteiger charge is 2.46. The van der Waals surface area contributed by atoms with Crippen molar-refractivity contribution in [2.24, 2.45) is 0 Å². The minimum atomic E-state index is -4.32. The van der Waals surface area contributed by atoms with E-state index < -0.39 is 12.2 Å². The van der Waals surface area contributed by atoms with Crippen LogP contribution >= 0.6 is 0 Å². The molecule has 0 saturated carbocycles. The molecule has 0 unspecified atom stereocenters. The fourth-order valence-electron chi connectivity index (χ4n) is 4.51. The lowest BCUT2D eigenvalue weighted by Crippen LogP contribution is -2.37. The molecule has 3 heterocycles. The first kappa shape index (κ1) is 20.8. The summed E-state index contributed by atoms with van der Waals surface area (Å²) in [6, 6.07) is 5.55. The van der Waals surface area contributed by atoms with E-state index in [1.807, 2.05) is 18.2 Å². The first-order valence-electron chi connectivity index (χ1n) is 10.2. The number of nitrogens with zero attached hydrogens (tertiary/aromatic N) is 3. The Kier molecular flexibility index (Phi) is 5.57. The van der Waals surface area contributed by atoms with Gasteiger partial charge in [-0.1, -0.05) is 0 Å². The first-order chi connectivity index (χ1) is 14.3. The number of halogens is 3. The van der Waals surface area contributed by atoms with Crippen molar-refractivity contribution in [3.05, 3.63) is 35.5 Å². The lowest BCUT2D eigenvalue weighted by Gasteiger charge is -2.31. The zero-order valence-electron chi connectivity index (χ0n) is 17.4. The van der Waals surface area contributed by atoms with Crippen LogP contribution in [0, 0.1) is 0 Å². The predicted molar refractivity (Wildman–Crippen MR) is 107 cm³/mol. The third-order valence-electron chi connectivity index (χ3n) is 5.96. The smallest absolute Gasteiger partial charge is 0.410 e. The van der Waals surface area contributed by atoms with E-state index in [0.29, 0.717) is 18.1 Å². The Morgan fingerprint density at radius 3 is 2.70 bits per heavy atom. The minimum Gasteiger partial charge on any atom is -0.497 e. The van der Waals surface area contributed by atoms with Crippen LogP contribution in [0.5, 0.6) is 11.5 Å². The maximum Gasteiger partial charge on any atom is 0.410 e. The molecule has 2 aromatic rings. The van der Waals surface area contributed by atoms with Crippen LogP contribution in [0.4, 0.5) is 19.0 Å². The Morgan fingerprint density at radius 2 is 2.00 bits per heavy atom. The quantitative estimate of drug-likeness (QED) is 0.764. The molecule has 0 spiro atoms. The summed E-state index contributed by atoms with van der Waals surface area (Å²) in [6.45, 7) is 3.23. The number of rotatable bonds is 5. The van der Waals surface area contributed by atoms with Gasteiger partial charge in [-0.25, -0.2) is 4.68 Å². The molecule has 1 N–H and O–H groups in total. The molecular formula is C21H27F3N4O2. The third-order valence-corrected chi connectivity index (χ3v) is 5.96. The summed E-state index contributed by atoms with van der Waals surface area (Å²) >= 11 is 0. The molecule has 2 aliphatic heterocycles. The lowest BCUT2D eigenvalue weighted by atomic mass is 10.1. The molecular weight excluding hydrogens is 397 g/mol. The van der Waals surface area contributed by atoms with E-state index in [1.165, 1.54) is 0 Å². The van der Waals surface area contributed by atoms with Crippen LogP contribution in [0.3, 0.4) is 0 Å². The molecule has 1 aromatic heterocycles. The van der Waals surface area contributed by atoms with Crippen LogP contribution in [-0.4, -0.2) is 47.7 Å². The van der Waals surface area contributed by atoms with E-state index >= 15 is 0 Å². The molecule has 1 saturated heterocycles. The van der Waals surface area contributed by atoms with Crippen LogP contribution in [0.25, 0.3) is 0 Å². The summed E-state index contributed by atoms with van der Waals surface area (Å²) in [4.78, 5) is 2.25. The minimum absolute atomic E-state index is 0.0208. The van der Waals surface area contributed by atoms with Crippen LogP contribution in [0.2, 0.25) is 0 Å². The zero-order valence-corrected chi connectivity index (χ0v) is 17.4. The molecule has 6 nitrogen and oxygen atoms in total. The van der Waals surface area contributed by atoms with E-state index in [-0.39, 0.29) is 18.5 Å². The van der Waals surface area contributed by atoms with Crippen molar-refractivity contribution < 1.29 is 22.6 Å². The fraction of sp³-hybridized carbons (Fsp3) is 0.571. The molecule has 0 amide bonds. The highest BCUT2D eigenvalue weighted by molar-refractivity contribution is 5.43. The Morgan fingerprint density at radius 1 is 1.20 bits per heavy atom. The maximum atomic E-state index is 13.6. The largest absolute Gasteiger partial charge is 0.497 e. The molecule has 0 aliphatic carbocycles. The van der Waals surface area contributed by atoms with Crippen LogP contribution in [-0.2, 0) is 6.54 Å². The summed E-state index contributed by atoms with van der Waals surface area (Å²) in [7, 11) is 3.24. The van der Waals surface area contributed by atoms with Crippen molar-refractivity contribution in [3.8, 4) is 11.5 Å². The van der Waals surface area contributed by atoms with Gasteiger partial charge in [0.05, 0.1) is 26.0 Å². The average molecular weight is 424 g/mol. The summed E-state index contributed by atoms with van der Waals surface area (Å²) in [5.41, 5.74) is 1.66. The summed E-state index contributed by atoms with van der Waals surface area (Å²) < 4.78 is 52.7. The van der Waals surface area contributed by atoms with Gasteiger partial charge in [0.2, 0.25) is 0 Å². The number of nitrogens with one attached hydrogen (secondary N) is 1. The molecule has 164 valence electrons. The van der Waals surface area contributed by atoms with Gasteiger partial charge in [0.1, 0.15) is 17.3 Å². The Hall–Kier alpha value is -2.42. The standard InChI is InChI=1S/C21H27F3N4O2/c1-13-9-19(21(22,23)24)28-20(25-13)11-16(26-28)17-5-4-8-27(17)12-14-10-15(29-2)6-7-18(14)30-3/h6-7,10-11,13,17,19,25H,4-5,8-9,12H2,1-3H3/t13-,17+,19-/m1/s1. The van der Waals surface area contributed by atoms with Gasteiger partial charge < -0.3 is 14.8 Å². The van der Waals surface area contributed by atoms with E-state index in [1.54, 1.807) is 27.2 Å². The number of alkyl halides is 3. The molecule has 4 rings (SSSR count). The third kappa shape index (κ3) is 3.95. The summed E-state index contributed by atoms with van der Waals surface area (Å²) in [5, 5.41) is 7.57. The van der Waals surface area contributed by atoms with E-state index in [0.717, 1.165) is 41.1 Å². The maximum absolute atomic E-state index is 13.6. The molecule has 0 radical (unpaired) electrons. The molecule has 0 bridgehead atoms. The Labute approximate surface area is 173 Å². The number of hydrogen-bond acceptors (Lipinski definition) is 5. The SMILES string of the molecule is COc1ccc(OC)c(CN2CCC[C@H]2c2cc3n(n2)[C@@H](C(F)(F)F)C[C@@H](C)N3)c1. The second kappa shape index (κ2) is 8.02. The zero-order chi connectivity index (χ0) is 21.5. The molecule has 30 heavy (non-hydrogen) atoms. The van der Waals surface area contributed by atoms with Crippen molar-refractivity contribution in [2.45, 2.75) is 57.0 Å². The fourth-order valence-corrected chi connectivity index (χ4v) is 4.51. The topological polar surface area (TPSA) is 51.6 Å². The van der Waals surface area contributed by atoms with Crippen LogP contribution < -0.4 is 14.8 Å². The number of aromatic nitrogens is 2. The average Bonchev–Trinajstić information content (AvgIpc) is 3.32.